The second-order valence-electron chi connectivity index (χ2n) is 9.12. The molecule has 2 aromatic heterocycles. The Hall–Kier alpha value is -4.01. The highest BCUT2D eigenvalue weighted by atomic mass is 19.4. The molecule has 190 valence electrons. The van der Waals surface area contributed by atoms with Crippen molar-refractivity contribution in [3.63, 3.8) is 0 Å². The van der Waals surface area contributed by atoms with Crippen LogP contribution in [0.15, 0.2) is 71.7 Å². The normalized spacial score (nSPS) is 16.3. The molecule has 0 aliphatic heterocycles. The number of carbonyl (C=O) groups is 1. The SMILES string of the molecule is C[C@H](NC(=O)c1ccc2c(c1)c1c(c(=O)n2-c2ccc(C(F)(F)F)cc2)C(F)CCC1)c1ccccn1. The van der Waals surface area contributed by atoms with Crippen LogP contribution in [-0.2, 0) is 12.6 Å². The molecule has 0 spiro atoms. The van der Waals surface area contributed by atoms with E-state index in [4.69, 9.17) is 0 Å². The van der Waals surface area contributed by atoms with Gasteiger partial charge >= 0.3 is 6.18 Å². The predicted molar refractivity (Wildman–Crippen MR) is 131 cm³/mol. The maximum absolute atomic E-state index is 15.1. The molecule has 5 rings (SSSR count). The van der Waals surface area contributed by atoms with E-state index in [2.05, 4.69) is 10.3 Å². The van der Waals surface area contributed by atoms with Gasteiger partial charge in [0, 0.05) is 22.8 Å². The lowest BCUT2D eigenvalue weighted by atomic mass is 9.87. The van der Waals surface area contributed by atoms with E-state index < -0.39 is 23.5 Å². The van der Waals surface area contributed by atoms with Crippen LogP contribution in [0, 0.1) is 0 Å². The molecule has 0 saturated carbocycles. The zero-order chi connectivity index (χ0) is 26.3. The molecule has 0 radical (unpaired) electrons. The summed E-state index contributed by atoms with van der Waals surface area (Å²) in [5, 5.41) is 3.42. The van der Waals surface area contributed by atoms with Gasteiger partial charge in [0.15, 0.2) is 0 Å². The molecule has 2 atom stereocenters. The summed E-state index contributed by atoms with van der Waals surface area (Å²) in [4.78, 5) is 30.8. The third-order valence-electron chi connectivity index (χ3n) is 6.71. The number of hydrogen-bond acceptors (Lipinski definition) is 3. The summed E-state index contributed by atoms with van der Waals surface area (Å²) in [5.41, 5.74) is 0.664. The van der Waals surface area contributed by atoms with E-state index in [0.29, 0.717) is 40.6 Å². The van der Waals surface area contributed by atoms with Gasteiger partial charge in [-0.3, -0.25) is 19.1 Å². The molecule has 2 aromatic carbocycles. The van der Waals surface area contributed by atoms with E-state index in [1.807, 2.05) is 6.07 Å². The highest BCUT2D eigenvalue weighted by Gasteiger charge is 2.31. The van der Waals surface area contributed by atoms with Gasteiger partial charge < -0.3 is 5.32 Å². The van der Waals surface area contributed by atoms with E-state index >= 15 is 4.39 Å². The number of halogens is 4. The van der Waals surface area contributed by atoms with Crippen molar-refractivity contribution in [2.24, 2.45) is 0 Å². The van der Waals surface area contributed by atoms with Gasteiger partial charge in [0.2, 0.25) is 0 Å². The minimum atomic E-state index is -4.53. The van der Waals surface area contributed by atoms with Crippen LogP contribution in [-0.4, -0.2) is 15.5 Å². The van der Waals surface area contributed by atoms with Crippen molar-refractivity contribution in [2.45, 2.75) is 44.6 Å². The molecule has 5 nitrogen and oxygen atoms in total. The fourth-order valence-corrected chi connectivity index (χ4v) is 4.85. The van der Waals surface area contributed by atoms with Gasteiger partial charge in [-0.25, -0.2) is 4.39 Å². The summed E-state index contributed by atoms with van der Waals surface area (Å²) in [5.74, 6) is -0.367. The van der Waals surface area contributed by atoms with Crippen LogP contribution < -0.4 is 10.9 Å². The van der Waals surface area contributed by atoms with Crippen molar-refractivity contribution in [1.82, 2.24) is 14.9 Å². The van der Waals surface area contributed by atoms with Gasteiger partial charge in [0.1, 0.15) is 6.17 Å². The maximum Gasteiger partial charge on any atom is 0.416 e. The van der Waals surface area contributed by atoms with Gasteiger partial charge in [-0.1, -0.05) is 6.07 Å². The molecular weight excluding hydrogens is 486 g/mol. The van der Waals surface area contributed by atoms with Crippen molar-refractivity contribution in [3.8, 4) is 5.69 Å². The van der Waals surface area contributed by atoms with Crippen molar-refractivity contribution in [3.05, 3.63) is 105 Å². The molecule has 1 N–H and O–H groups in total. The van der Waals surface area contributed by atoms with E-state index in [1.54, 1.807) is 43.5 Å². The molecule has 1 aliphatic carbocycles. The minimum Gasteiger partial charge on any atom is -0.344 e. The Morgan fingerprint density at radius 2 is 1.86 bits per heavy atom. The number of rotatable bonds is 4. The number of aryl methyl sites for hydroxylation is 1. The quantitative estimate of drug-likeness (QED) is 0.331. The smallest absolute Gasteiger partial charge is 0.344 e. The number of benzene rings is 2. The van der Waals surface area contributed by atoms with Gasteiger partial charge in [-0.05, 0) is 86.3 Å². The Morgan fingerprint density at radius 3 is 2.54 bits per heavy atom. The van der Waals surface area contributed by atoms with E-state index in [1.165, 1.54) is 16.7 Å². The second-order valence-corrected chi connectivity index (χ2v) is 9.12. The fourth-order valence-electron chi connectivity index (χ4n) is 4.85. The molecule has 1 aliphatic rings. The lowest BCUT2D eigenvalue weighted by Crippen LogP contribution is -2.29. The Bertz CT molecular complexity index is 1530. The van der Waals surface area contributed by atoms with Crippen LogP contribution in [0.2, 0.25) is 0 Å². The highest BCUT2D eigenvalue weighted by Crippen LogP contribution is 2.36. The number of pyridine rings is 2. The first-order valence-corrected chi connectivity index (χ1v) is 11.9. The number of aromatic nitrogens is 2. The molecular formula is C28H23F4N3O2. The third-order valence-corrected chi connectivity index (χ3v) is 6.71. The summed E-state index contributed by atoms with van der Waals surface area (Å²) in [6.07, 6.45) is -3.20. The summed E-state index contributed by atoms with van der Waals surface area (Å²) in [6.45, 7) is 1.80. The number of nitrogens with zero attached hydrogens (tertiary/aromatic N) is 2. The van der Waals surface area contributed by atoms with Crippen molar-refractivity contribution in [2.75, 3.05) is 0 Å². The topological polar surface area (TPSA) is 64.0 Å². The average molecular weight is 510 g/mol. The number of alkyl halides is 4. The second kappa shape index (κ2) is 9.46. The lowest BCUT2D eigenvalue weighted by Gasteiger charge is -2.24. The molecule has 0 saturated heterocycles. The third kappa shape index (κ3) is 4.61. The first-order chi connectivity index (χ1) is 17.6. The standard InChI is InChI=1S/C28H23F4N3O2/c1-16(23-7-2-3-14-33-23)34-26(36)17-8-13-24-21(15-17)20-5-4-6-22(29)25(20)27(37)35(24)19-11-9-18(10-12-19)28(30,31)32/h2-3,7-16,22H,4-6H2,1H3,(H,34,36)/t16-,22?/m0/s1. The summed E-state index contributed by atoms with van der Waals surface area (Å²) in [6, 6.07) is 13.9. The van der Waals surface area contributed by atoms with E-state index in [0.717, 1.165) is 12.1 Å². The molecule has 0 fully saturated rings. The molecule has 1 unspecified atom stereocenters. The van der Waals surface area contributed by atoms with Crippen molar-refractivity contribution >= 4 is 16.8 Å². The fraction of sp³-hybridized carbons (Fsp3) is 0.250. The van der Waals surface area contributed by atoms with Crippen LogP contribution in [0.1, 0.15) is 64.7 Å². The Morgan fingerprint density at radius 1 is 1.11 bits per heavy atom. The minimum absolute atomic E-state index is 0.00180. The highest BCUT2D eigenvalue weighted by molar-refractivity contribution is 5.99. The maximum atomic E-state index is 15.1. The average Bonchev–Trinajstić information content (AvgIpc) is 2.89. The number of hydrogen-bond donors (Lipinski definition) is 1. The molecule has 2 heterocycles. The molecule has 0 bridgehead atoms. The van der Waals surface area contributed by atoms with Gasteiger partial charge in [-0.15, -0.1) is 0 Å². The number of amides is 1. The van der Waals surface area contributed by atoms with Gasteiger partial charge in [0.25, 0.3) is 11.5 Å². The molecule has 9 heteroatoms. The van der Waals surface area contributed by atoms with Crippen LogP contribution in [0.3, 0.4) is 0 Å². The number of carbonyl (C=O) groups excluding carboxylic acids is 1. The van der Waals surface area contributed by atoms with Crippen molar-refractivity contribution < 1.29 is 22.4 Å². The lowest BCUT2D eigenvalue weighted by molar-refractivity contribution is -0.137. The summed E-state index contributed by atoms with van der Waals surface area (Å²) < 4.78 is 55.5. The van der Waals surface area contributed by atoms with Crippen molar-refractivity contribution in [1.29, 1.82) is 0 Å². The number of nitrogens with one attached hydrogen (secondary N) is 1. The van der Waals surface area contributed by atoms with E-state index in [-0.39, 0.29) is 29.6 Å². The Labute approximate surface area is 209 Å². The van der Waals surface area contributed by atoms with Crippen LogP contribution >= 0.6 is 0 Å². The van der Waals surface area contributed by atoms with Crippen LogP contribution in [0.5, 0.6) is 0 Å². The van der Waals surface area contributed by atoms with Gasteiger partial charge in [-0.2, -0.15) is 13.2 Å². The summed E-state index contributed by atoms with van der Waals surface area (Å²) in [7, 11) is 0. The van der Waals surface area contributed by atoms with Crippen LogP contribution in [0.25, 0.3) is 16.6 Å². The van der Waals surface area contributed by atoms with E-state index in [9.17, 15) is 22.8 Å². The molecule has 37 heavy (non-hydrogen) atoms. The molecule has 1 amide bonds. The monoisotopic (exact) mass is 509 g/mol. The summed E-state index contributed by atoms with van der Waals surface area (Å²) >= 11 is 0. The number of fused-ring (bicyclic) bond motifs is 3. The zero-order valence-electron chi connectivity index (χ0n) is 19.8. The van der Waals surface area contributed by atoms with Crippen LogP contribution in [0.4, 0.5) is 17.6 Å². The molecule has 4 aromatic rings. The zero-order valence-corrected chi connectivity index (χ0v) is 19.8. The largest absolute Gasteiger partial charge is 0.416 e. The Kier molecular flexibility index (Phi) is 6.31. The van der Waals surface area contributed by atoms with Gasteiger partial charge in [0.05, 0.1) is 28.4 Å². The Balaban J connectivity index is 1.63. The predicted octanol–water partition coefficient (Wildman–Crippen LogP) is 6.24. The first kappa shape index (κ1) is 24.7. The first-order valence-electron chi connectivity index (χ1n) is 11.9.